The number of hydrogen-bond acceptors (Lipinski definition) is 4. The summed E-state index contributed by atoms with van der Waals surface area (Å²) in [7, 11) is 0. The topological polar surface area (TPSA) is 74.8 Å². The SMILES string of the molecule is CCC(=O)N(Cc1ccc(-c2ccccc2C)cc1)c1cc(F)cc(-c2nnn[nH]2)c1. The Balaban J connectivity index is 1.64. The Kier molecular flexibility index (Phi) is 5.84. The molecule has 4 aromatic rings. The predicted octanol–water partition coefficient (Wildman–Crippen LogP) is 4.92. The van der Waals surface area contributed by atoms with E-state index in [1.807, 2.05) is 36.4 Å². The van der Waals surface area contributed by atoms with E-state index in [-0.39, 0.29) is 5.91 Å². The molecule has 7 heteroatoms. The molecule has 156 valence electrons. The molecule has 1 heterocycles. The zero-order chi connectivity index (χ0) is 21.8. The number of tetrazole rings is 1. The molecular formula is C24H22FN5O. The summed E-state index contributed by atoms with van der Waals surface area (Å²) < 4.78 is 14.3. The molecule has 0 spiro atoms. The molecule has 0 aliphatic rings. The molecule has 1 N–H and O–H groups in total. The summed E-state index contributed by atoms with van der Waals surface area (Å²) in [4.78, 5) is 14.3. The van der Waals surface area contributed by atoms with Crippen LogP contribution in [0.15, 0.2) is 66.7 Å². The quantitative estimate of drug-likeness (QED) is 0.485. The van der Waals surface area contributed by atoms with Gasteiger partial charge in [0.15, 0.2) is 5.82 Å². The van der Waals surface area contributed by atoms with Crippen LogP contribution in [0.4, 0.5) is 10.1 Å². The van der Waals surface area contributed by atoms with Crippen molar-refractivity contribution in [1.29, 1.82) is 0 Å². The number of H-pyrrole nitrogens is 1. The molecular weight excluding hydrogens is 393 g/mol. The minimum absolute atomic E-state index is 0.102. The van der Waals surface area contributed by atoms with E-state index in [9.17, 15) is 9.18 Å². The summed E-state index contributed by atoms with van der Waals surface area (Å²) in [6, 6.07) is 20.7. The van der Waals surface area contributed by atoms with Crippen molar-refractivity contribution in [3.05, 3.63) is 83.7 Å². The Labute approximate surface area is 179 Å². The van der Waals surface area contributed by atoms with Crippen molar-refractivity contribution in [2.45, 2.75) is 26.8 Å². The predicted molar refractivity (Wildman–Crippen MR) is 118 cm³/mol. The highest BCUT2D eigenvalue weighted by atomic mass is 19.1. The third-order valence-electron chi connectivity index (χ3n) is 5.17. The molecule has 0 saturated heterocycles. The summed E-state index contributed by atoms with van der Waals surface area (Å²) >= 11 is 0. The van der Waals surface area contributed by atoms with Crippen LogP contribution in [0.1, 0.15) is 24.5 Å². The van der Waals surface area contributed by atoms with Crippen LogP contribution in [0, 0.1) is 12.7 Å². The average molecular weight is 415 g/mol. The fourth-order valence-electron chi connectivity index (χ4n) is 3.53. The molecule has 1 aromatic heterocycles. The second-order valence-corrected chi connectivity index (χ2v) is 7.29. The molecule has 0 saturated carbocycles. The number of benzene rings is 3. The summed E-state index contributed by atoms with van der Waals surface area (Å²) in [6.07, 6.45) is 0.303. The van der Waals surface area contributed by atoms with Gasteiger partial charge in [0.1, 0.15) is 5.82 Å². The van der Waals surface area contributed by atoms with Crippen molar-refractivity contribution in [3.63, 3.8) is 0 Å². The fraction of sp³-hybridized carbons (Fsp3) is 0.167. The third kappa shape index (κ3) is 4.50. The largest absolute Gasteiger partial charge is 0.308 e. The Morgan fingerprint density at radius 1 is 1.03 bits per heavy atom. The smallest absolute Gasteiger partial charge is 0.227 e. The van der Waals surface area contributed by atoms with Gasteiger partial charge in [0, 0.05) is 17.7 Å². The minimum atomic E-state index is -0.465. The van der Waals surface area contributed by atoms with Gasteiger partial charge in [0.2, 0.25) is 5.91 Å². The molecule has 31 heavy (non-hydrogen) atoms. The van der Waals surface area contributed by atoms with Crippen molar-refractivity contribution >= 4 is 11.6 Å². The van der Waals surface area contributed by atoms with Gasteiger partial charge < -0.3 is 4.90 Å². The molecule has 1 amide bonds. The van der Waals surface area contributed by atoms with Gasteiger partial charge in [-0.05, 0) is 57.8 Å². The van der Waals surface area contributed by atoms with Crippen molar-refractivity contribution in [2.75, 3.05) is 4.90 Å². The van der Waals surface area contributed by atoms with E-state index in [0.29, 0.717) is 30.0 Å². The van der Waals surface area contributed by atoms with Gasteiger partial charge in [-0.15, -0.1) is 5.10 Å². The second-order valence-electron chi connectivity index (χ2n) is 7.29. The fourth-order valence-corrected chi connectivity index (χ4v) is 3.53. The number of rotatable bonds is 6. The monoisotopic (exact) mass is 415 g/mol. The highest BCUT2D eigenvalue weighted by Crippen LogP contribution is 2.27. The Bertz CT molecular complexity index is 1190. The first kappa shape index (κ1) is 20.4. The lowest BCUT2D eigenvalue weighted by Crippen LogP contribution is -2.29. The number of aryl methyl sites for hydroxylation is 1. The van der Waals surface area contributed by atoms with Crippen molar-refractivity contribution in [3.8, 4) is 22.5 Å². The van der Waals surface area contributed by atoms with Crippen LogP contribution in [0.3, 0.4) is 0 Å². The van der Waals surface area contributed by atoms with Crippen LogP contribution in [0.5, 0.6) is 0 Å². The number of hydrogen-bond donors (Lipinski definition) is 1. The number of amides is 1. The summed E-state index contributed by atoms with van der Waals surface area (Å²) in [5.41, 5.74) is 5.37. The van der Waals surface area contributed by atoms with Crippen LogP contribution in [0.2, 0.25) is 0 Å². The molecule has 0 aliphatic heterocycles. The van der Waals surface area contributed by atoms with Gasteiger partial charge in [-0.2, -0.15) is 0 Å². The van der Waals surface area contributed by atoms with Crippen molar-refractivity contribution in [2.24, 2.45) is 0 Å². The first-order chi connectivity index (χ1) is 15.0. The molecule has 0 radical (unpaired) electrons. The second kappa shape index (κ2) is 8.87. The normalized spacial score (nSPS) is 10.8. The lowest BCUT2D eigenvalue weighted by Gasteiger charge is -2.23. The van der Waals surface area contributed by atoms with Crippen LogP contribution in [-0.2, 0) is 11.3 Å². The maximum absolute atomic E-state index is 14.3. The molecule has 3 aromatic carbocycles. The number of carbonyl (C=O) groups excluding carboxylic acids is 1. The van der Waals surface area contributed by atoms with Crippen molar-refractivity contribution < 1.29 is 9.18 Å². The lowest BCUT2D eigenvalue weighted by molar-refractivity contribution is -0.118. The molecule has 4 rings (SSSR count). The van der Waals surface area contributed by atoms with Gasteiger partial charge in [0.05, 0.1) is 6.54 Å². The number of nitrogens with one attached hydrogen (secondary N) is 1. The van der Waals surface area contributed by atoms with E-state index in [1.54, 1.807) is 17.9 Å². The average Bonchev–Trinajstić information content (AvgIpc) is 3.32. The van der Waals surface area contributed by atoms with Gasteiger partial charge in [-0.25, -0.2) is 9.49 Å². The summed E-state index contributed by atoms with van der Waals surface area (Å²) in [5, 5.41) is 13.5. The van der Waals surface area contributed by atoms with Gasteiger partial charge in [-0.1, -0.05) is 55.5 Å². The molecule has 0 fully saturated rings. The maximum Gasteiger partial charge on any atom is 0.227 e. The number of aromatic amines is 1. The van der Waals surface area contributed by atoms with Crippen LogP contribution in [0.25, 0.3) is 22.5 Å². The summed E-state index contributed by atoms with van der Waals surface area (Å²) in [6.45, 7) is 4.20. The van der Waals surface area contributed by atoms with Crippen LogP contribution < -0.4 is 4.90 Å². The number of halogens is 1. The highest BCUT2D eigenvalue weighted by molar-refractivity contribution is 5.93. The van der Waals surface area contributed by atoms with E-state index in [1.165, 1.54) is 23.3 Å². The van der Waals surface area contributed by atoms with Crippen molar-refractivity contribution in [1.82, 2.24) is 20.6 Å². The number of carbonyl (C=O) groups is 1. The Morgan fingerprint density at radius 2 is 1.81 bits per heavy atom. The zero-order valence-electron chi connectivity index (χ0n) is 17.3. The van der Waals surface area contributed by atoms with E-state index < -0.39 is 5.82 Å². The van der Waals surface area contributed by atoms with Crippen LogP contribution >= 0.6 is 0 Å². The van der Waals surface area contributed by atoms with Gasteiger partial charge in [-0.3, -0.25) is 4.79 Å². The standard InChI is InChI=1S/C24H22FN5O/c1-3-23(31)30(21-13-19(12-20(25)14-21)24-26-28-29-27-24)15-17-8-10-18(11-9-17)22-7-5-4-6-16(22)2/h4-14H,3,15H2,1-2H3,(H,26,27,28,29). The molecule has 0 atom stereocenters. The highest BCUT2D eigenvalue weighted by Gasteiger charge is 2.18. The Hall–Kier alpha value is -3.87. The zero-order valence-corrected chi connectivity index (χ0v) is 17.3. The van der Waals surface area contributed by atoms with E-state index in [4.69, 9.17) is 0 Å². The van der Waals surface area contributed by atoms with Gasteiger partial charge in [0.25, 0.3) is 0 Å². The number of anilines is 1. The minimum Gasteiger partial charge on any atom is -0.308 e. The number of nitrogens with zero attached hydrogens (tertiary/aromatic N) is 4. The van der Waals surface area contributed by atoms with E-state index in [0.717, 1.165) is 11.1 Å². The lowest BCUT2D eigenvalue weighted by atomic mass is 9.99. The molecule has 6 nitrogen and oxygen atoms in total. The Morgan fingerprint density at radius 3 is 2.48 bits per heavy atom. The molecule has 0 aliphatic carbocycles. The summed E-state index contributed by atoms with van der Waals surface area (Å²) in [5.74, 6) is -0.227. The van der Waals surface area contributed by atoms with Gasteiger partial charge >= 0.3 is 0 Å². The van der Waals surface area contributed by atoms with Crippen LogP contribution in [-0.4, -0.2) is 26.5 Å². The maximum atomic E-state index is 14.3. The third-order valence-corrected chi connectivity index (χ3v) is 5.17. The molecule has 0 bridgehead atoms. The van der Waals surface area contributed by atoms with E-state index in [2.05, 4.69) is 39.7 Å². The molecule has 0 unspecified atom stereocenters. The first-order valence-corrected chi connectivity index (χ1v) is 10.0. The first-order valence-electron chi connectivity index (χ1n) is 10.0. The number of aromatic nitrogens is 4. The van der Waals surface area contributed by atoms with E-state index >= 15 is 0 Å².